The van der Waals surface area contributed by atoms with Gasteiger partial charge in [-0.3, -0.25) is 4.79 Å². The molecule has 0 aromatic rings. The minimum Gasteiger partial charge on any atom is -0.480 e. The number of nitrogens with zero attached hydrogens (tertiary/aromatic N) is 1. The van der Waals surface area contributed by atoms with Gasteiger partial charge in [0.25, 0.3) is 0 Å². The molecule has 2 rings (SSSR count). The van der Waals surface area contributed by atoms with Crippen molar-refractivity contribution in [1.29, 1.82) is 0 Å². The van der Waals surface area contributed by atoms with Gasteiger partial charge < -0.3 is 15.3 Å². The molecule has 4 nitrogen and oxygen atoms in total. The largest absolute Gasteiger partial charge is 0.480 e. The molecule has 4 heteroatoms. The fraction of sp³-hybridized carbons (Fsp3) is 0.941. The van der Waals surface area contributed by atoms with Gasteiger partial charge >= 0.3 is 5.97 Å². The average molecular weight is 296 g/mol. The van der Waals surface area contributed by atoms with Crippen molar-refractivity contribution in [2.75, 3.05) is 19.6 Å². The quantitative estimate of drug-likeness (QED) is 0.819. The maximum atomic E-state index is 11.8. The normalized spacial score (nSPS) is 35.3. The summed E-state index contributed by atoms with van der Waals surface area (Å²) < 4.78 is 0. The van der Waals surface area contributed by atoms with E-state index < -0.39 is 11.5 Å². The third kappa shape index (κ3) is 4.19. The second kappa shape index (κ2) is 7.59. The topological polar surface area (TPSA) is 52.6 Å². The Morgan fingerprint density at radius 2 is 2.10 bits per heavy atom. The molecule has 0 spiro atoms. The lowest BCUT2D eigenvalue weighted by Gasteiger charge is -2.42. The average Bonchev–Trinajstić information content (AvgIpc) is 2.70. The van der Waals surface area contributed by atoms with Crippen molar-refractivity contribution in [3.63, 3.8) is 0 Å². The predicted molar refractivity (Wildman–Crippen MR) is 85.5 cm³/mol. The summed E-state index contributed by atoms with van der Waals surface area (Å²) in [5.74, 6) is 0.171. The van der Waals surface area contributed by atoms with Crippen LogP contribution in [0.25, 0.3) is 0 Å². The van der Waals surface area contributed by atoms with Gasteiger partial charge in [0.05, 0.1) is 0 Å². The maximum absolute atomic E-state index is 11.8. The third-order valence-electron chi connectivity index (χ3n) is 5.42. The van der Waals surface area contributed by atoms with Gasteiger partial charge in [-0.05, 0) is 76.9 Å². The van der Waals surface area contributed by atoms with Gasteiger partial charge in [0.15, 0.2) is 0 Å². The van der Waals surface area contributed by atoms with Crippen LogP contribution >= 0.6 is 0 Å². The van der Waals surface area contributed by atoms with Crippen LogP contribution in [0, 0.1) is 5.92 Å². The van der Waals surface area contributed by atoms with Crippen LogP contribution in [0.1, 0.15) is 65.2 Å². The number of hydrogen-bond donors (Lipinski definition) is 2. The first-order valence-electron chi connectivity index (χ1n) is 8.80. The van der Waals surface area contributed by atoms with E-state index >= 15 is 0 Å². The van der Waals surface area contributed by atoms with E-state index in [1.807, 2.05) is 0 Å². The molecule has 1 saturated heterocycles. The van der Waals surface area contributed by atoms with Crippen LogP contribution in [-0.2, 0) is 4.79 Å². The van der Waals surface area contributed by atoms with Gasteiger partial charge in [0.1, 0.15) is 5.54 Å². The number of carboxylic acid groups (broad SMARTS) is 1. The van der Waals surface area contributed by atoms with E-state index in [1.165, 1.54) is 19.3 Å². The second-order valence-electron chi connectivity index (χ2n) is 7.14. The summed E-state index contributed by atoms with van der Waals surface area (Å²) in [5, 5.41) is 13.1. The summed E-state index contributed by atoms with van der Waals surface area (Å²) in [5.41, 5.74) is -0.684. The first kappa shape index (κ1) is 16.8. The number of rotatable bonds is 5. The van der Waals surface area contributed by atoms with Crippen molar-refractivity contribution in [3.05, 3.63) is 0 Å². The summed E-state index contributed by atoms with van der Waals surface area (Å²) in [6, 6.07) is 0.449. The zero-order valence-corrected chi connectivity index (χ0v) is 13.7. The Bertz CT molecular complexity index is 348. The molecule has 0 bridgehead atoms. The van der Waals surface area contributed by atoms with Crippen LogP contribution < -0.4 is 5.32 Å². The molecule has 1 aliphatic heterocycles. The van der Waals surface area contributed by atoms with Crippen molar-refractivity contribution in [1.82, 2.24) is 10.2 Å². The van der Waals surface area contributed by atoms with Crippen molar-refractivity contribution in [3.8, 4) is 0 Å². The number of likely N-dealkylation sites (tertiary alicyclic amines) is 1. The van der Waals surface area contributed by atoms with Crippen LogP contribution in [0.2, 0.25) is 0 Å². The SMILES string of the molecule is CCCNC1(C(=O)O)CCCC(N2CCCC(C)CC2)C1. The van der Waals surface area contributed by atoms with Crippen molar-refractivity contribution < 1.29 is 9.90 Å². The highest BCUT2D eigenvalue weighted by molar-refractivity contribution is 5.79. The Labute approximate surface area is 129 Å². The van der Waals surface area contributed by atoms with Crippen molar-refractivity contribution in [2.24, 2.45) is 5.92 Å². The molecular weight excluding hydrogens is 264 g/mol. The van der Waals surface area contributed by atoms with Crippen molar-refractivity contribution >= 4 is 5.97 Å². The highest BCUT2D eigenvalue weighted by Crippen LogP contribution is 2.33. The zero-order valence-electron chi connectivity index (χ0n) is 13.7. The predicted octanol–water partition coefficient (Wildman–Crippen LogP) is 2.87. The number of nitrogens with one attached hydrogen (secondary N) is 1. The third-order valence-corrected chi connectivity index (χ3v) is 5.42. The minimum absolute atomic E-state index is 0.449. The summed E-state index contributed by atoms with van der Waals surface area (Å²) in [6.45, 7) is 7.54. The molecule has 1 saturated carbocycles. The second-order valence-corrected chi connectivity index (χ2v) is 7.14. The molecule has 21 heavy (non-hydrogen) atoms. The summed E-state index contributed by atoms with van der Waals surface area (Å²) in [6.07, 6.45) is 8.58. The van der Waals surface area contributed by atoms with E-state index in [0.29, 0.717) is 6.04 Å². The lowest BCUT2D eigenvalue weighted by atomic mass is 9.78. The van der Waals surface area contributed by atoms with E-state index in [-0.39, 0.29) is 0 Å². The standard InChI is InChI=1S/C17H32N2O2/c1-3-10-18-17(16(20)21)9-4-7-15(13-17)19-11-5-6-14(2)8-12-19/h14-15,18H,3-13H2,1-2H3,(H,20,21). The minimum atomic E-state index is -0.684. The number of carbonyl (C=O) groups is 1. The molecule has 3 atom stereocenters. The Kier molecular flexibility index (Phi) is 6.06. The fourth-order valence-electron chi connectivity index (χ4n) is 4.00. The van der Waals surface area contributed by atoms with E-state index in [2.05, 4.69) is 24.1 Å². The smallest absolute Gasteiger partial charge is 0.323 e. The first-order valence-corrected chi connectivity index (χ1v) is 8.80. The molecule has 0 amide bonds. The molecule has 0 radical (unpaired) electrons. The molecule has 1 aliphatic carbocycles. The van der Waals surface area contributed by atoms with E-state index in [0.717, 1.165) is 57.7 Å². The van der Waals surface area contributed by atoms with Crippen LogP contribution in [0.3, 0.4) is 0 Å². The molecule has 0 aromatic heterocycles. The lowest BCUT2D eigenvalue weighted by molar-refractivity contribution is -0.147. The molecule has 2 fully saturated rings. The molecule has 0 aromatic carbocycles. The molecule has 1 heterocycles. The summed E-state index contributed by atoms with van der Waals surface area (Å²) >= 11 is 0. The van der Waals surface area contributed by atoms with Gasteiger partial charge in [0.2, 0.25) is 0 Å². The van der Waals surface area contributed by atoms with Gasteiger partial charge in [-0.25, -0.2) is 0 Å². The first-order chi connectivity index (χ1) is 10.1. The lowest BCUT2D eigenvalue weighted by Crippen LogP contribution is -2.58. The van der Waals surface area contributed by atoms with Gasteiger partial charge in [-0.2, -0.15) is 0 Å². The molecule has 3 unspecified atom stereocenters. The summed E-state index contributed by atoms with van der Waals surface area (Å²) in [4.78, 5) is 14.4. The van der Waals surface area contributed by atoms with Crippen molar-refractivity contribution in [2.45, 2.75) is 76.8 Å². The number of aliphatic carboxylic acids is 1. The monoisotopic (exact) mass is 296 g/mol. The molecule has 2 N–H and O–H groups in total. The van der Waals surface area contributed by atoms with Gasteiger partial charge in [-0.1, -0.05) is 13.8 Å². The molecule has 122 valence electrons. The number of hydrogen-bond acceptors (Lipinski definition) is 3. The van der Waals surface area contributed by atoms with E-state index in [1.54, 1.807) is 0 Å². The summed E-state index contributed by atoms with van der Waals surface area (Å²) in [7, 11) is 0. The Hall–Kier alpha value is -0.610. The molecule has 2 aliphatic rings. The Morgan fingerprint density at radius 3 is 2.81 bits per heavy atom. The van der Waals surface area contributed by atoms with Crippen LogP contribution in [-0.4, -0.2) is 47.2 Å². The van der Waals surface area contributed by atoms with Crippen LogP contribution in [0.4, 0.5) is 0 Å². The zero-order chi connectivity index (χ0) is 15.3. The van der Waals surface area contributed by atoms with Crippen LogP contribution in [0.5, 0.6) is 0 Å². The number of carboxylic acids is 1. The highest BCUT2D eigenvalue weighted by Gasteiger charge is 2.43. The Balaban J connectivity index is 2.02. The molecular formula is C17H32N2O2. The van der Waals surface area contributed by atoms with E-state index in [9.17, 15) is 9.90 Å². The van der Waals surface area contributed by atoms with Gasteiger partial charge in [0, 0.05) is 6.04 Å². The fourth-order valence-corrected chi connectivity index (χ4v) is 4.00. The van der Waals surface area contributed by atoms with Crippen LogP contribution in [0.15, 0.2) is 0 Å². The Morgan fingerprint density at radius 1 is 1.29 bits per heavy atom. The van der Waals surface area contributed by atoms with Gasteiger partial charge in [-0.15, -0.1) is 0 Å². The van der Waals surface area contributed by atoms with E-state index in [4.69, 9.17) is 0 Å². The highest BCUT2D eigenvalue weighted by atomic mass is 16.4. The maximum Gasteiger partial charge on any atom is 0.323 e.